The highest BCUT2D eigenvalue weighted by molar-refractivity contribution is 5.93. The molecule has 1 N–H and O–H groups in total. The number of carbonyl (C=O) groups excluding carboxylic acids is 3. The van der Waals surface area contributed by atoms with Crippen LogP contribution in [0.5, 0.6) is 5.75 Å². The number of amides is 2. The lowest BCUT2D eigenvalue weighted by molar-refractivity contribution is -0.386. The second-order valence-electron chi connectivity index (χ2n) is 6.25. The Labute approximate surface area is 161 Å². The van der Waals surface area contributed by atoms with Crippen molar-refractivity contribution >= 4 is 23.5 Å². The normalized spacial score (nSPS) is 17.4. The lowest BCUT2D eigenvalue weighted by Crippen LogP contribution is -2.60. The van der Waals surface area contributed by atoms with Gasteiger partial charge in [0.25, 0.3) is 5.91 Å². The van der Waals surface area contributed by atoms with Gasteiger partial charge in [0.2, 0.25) is 5.91 Å². The molecule has 0 radical (unpaired) electrons. The van der Waals surface area contributed by atoms with E-state index >= 15 is 0 Å². The lowest BCUT2D eigenvalue weighted by atomic mass is 10.1. The number of carbonyl (C=O) groups is 3. The first-order valence-corrected chi connectivity index (χ1v) is 8.99. The summed E-state index contributed by atoms with van der Waals surface area (Å²) in [6.45, 7) is 3.96. The maximum Gasteiger partial charge on any atom is 0.310 e. The molecule has 0 aromatic heterocycles. The molecule has 1 aromatic rings. The largest absolute Gasteiger partial charge is 0.474 e. The molecule has 2 rings (SSSR count). The van der Waals surface area contributed by atoms with Crippen molar-refractivity contribution in [1.82, 2.24) is 10.2 Å². The van der Waals surface area contributed by atoms with Crippen LogP contribution in [0.15, 0.2) is 24.3 Å². The summed E-state index contributed by atoms with van der Waals surface area (Å²) < 4.78 is 10.5. The molecule has 10 nitrogen and oxygen atoms in total. The van der Waals surface area contributed by atoms with Gasteiger partial charge in [0.1, 0.15) is 6.04 Å². The van der Waals surface area contributed by atoms with Crippen molar-refractivity contribution in [2.75, 3.05) is 19.7 Å². The first-order valence-electron chi connectivity index (χ1n) is 8.99. The van der Waals surface area contributed by atoms with Crippen LogP contribution in [0.1, 0.15) is 26.7 Å². The van der Waals surface area contributed by atoms with Gasteiger partial charge in [-0.15, -0.1) is 0 Å². The van der Waals surface area contributed by atoms with Crippen LogP contribution >= 0.6 is 0 Å². The third-order valence-electron chi connectivity index (χ3n) is 4.15. The molecule has 2 atom stereocenters. The lowest BCUT2D eigenvalue weighted by Gasteiger charge is -2.35. The number of benzene rings is 1. The maximum atomic E-state index is 12.8. The summed E-state index contributed by atoms with van der Waals surface area (Å²) in [5.41, 5.74) is -0.266. The minimum Gasteiger partial charge on any atom is -0.474 e. The molecule has 152 valence electrons. The zero-order chi connectivity index (χ0) is 20.7. The number of esters is 1. The van der Waals surface area contributed by atoms with Crippen LogP contribution in [0.25, 0.3) is 0 Å². The van der Waals surface area contributed by atoms with Crippen LogP contribution < -0.4 is 10.1 Å². The number of ether oxygens (including phenoxy) is 2. The van der Waals surface area contributed by atoms with Crippen molar-refractivity contribution in [2.45, 2.75) is 38.8 Å². The number of piperazine rings is 1. The average Bonchev–Trinajstić information content (AvgIpc) is 2.67. The molecule has 2 amide bonds. The average molecular weight is 393 g/mol. The van der Waals surface area contributed by atoms with E-state index in [1.165, 1.54) is 30.0 Å². The smallest absolute Gasteiger partial charge is 0.310 e. The molecule has 0 bridgehead atoms. The summed E-state index contributed by atoms with van der Waals surface area (Å²) in [5.74, 6) is -1.62. The van der Waals surface area contributed by atoms with Crippen molar-refractivity contribution in [3.8, 4) is 5.75 Å². The Balaban J connectivity index is 2.12. The minimum atomic E-state index is -1.08. The van der Waals surface area contributed by atoms with Crippen molar-refractivity contribution in [3.63, 3.8) is 0 Å². The monoisotopic (exact) mass is 393 g/mol. The number of nitro groups is 1. The predicted octanol–water partition coefficient (Wildman–Crippen LogP) is 1.03. The highest BCUT2D eigenvalue weighted by atomic mass is 16.6. The van der Waals surface area contributed by atoms with E-state index in [4.69, 9.17) is 9.47 Å². The Morgan fingerprint density at radius 2 is 2.11 bits per heavy atom. The number of para-hydroxylation sites is 2. The van der Waals surface area contributed by atoms with Gasteiger partial charge >= 0.3 is 11.7 Å². The van der Waals surface area contributed by atoms with Gasteiger partial charge in [-0.05, 0) is 19.4 Å². The van der Waals surface area contributed by atoms with Crippen molar-refractivity contribution in [2.24, 2.45) is 0 Å². The SMILES string of the molecule is CCCOC(=O)C[C@@H]1C(=O)NCCN1C(=O)[C@@H](C)Oc1ccccc1[N+](=O)[O-]. The highest BCUT2D eigenvalue weighted by Crippen LogP contribution is 2.27. The topological polar surface area (TPSA) is 128 Å². The fraction of sp³-hybridized carbons (Fsp3) is 0.500. The van der Waals surface area contributed by atoms with Gasteiger partial charge in [-0.3, -0.25) is 24.5 Å². The van der Waals surface area contributed by atoms with Crippen LogP contribution in [0, 0.1) is 10.1 Å². The molecule has 1 aliphatic rings. The predicted molar refractivity (Wildman–Crippen MR) is 97.6 cm³/mol. The Morgan fingerprint density at radius 1 is 1.39 bits per heavy atom. The summed E-state index contributed by atoms with van der Waals surface area (Å²) >= 11 is 0. The first kappa shape index (κ1) is 21.1. The number of nitrogens with zero attached hydrogens (tertiary/aromatic N) is 2. The van der Waals surface area contributed by atoms with E-state index in [0.29, 0.717) is 6.42 Å². The van der Waals surface area contributed by atoms with Crippen LogP contribution in [0.2, 0.25) is 0 Å². The Morgan fingerprint density at radius 3 is 2.79 bits per heavy atom. The van der Waals surface area contributed by atoms with Gasteiger partial charge in [0.15, 0.2) is 11.9 Å². The van der Waals surface area contributed by atoms with Crippen LogP contribution in [0.3, 0.4) is 0 Å². The fourth-order valence-corrected chi connectivity index (χ4v) is 2.80. The number of nitrogens with one attached hydrogen (secondary N) is 1. The van der Waals surface area contributed by atoms with Crippen LogP contribution in [-0.4, -0.2) is 59.4 Å². The quantitative estimate of drug-likeness (QED) is 0.397. The van der Waals surface area contributed by atoms with E-state index in [-0.39, 0.29) is 37.6 Å². The highest BCUT2D eigenvalue weighted by Gasteiger charge is 2.37. The third-order valence-corrected chi connectivity index (χ3v) is 4.15. The van der Waals surface area contributed by atoms with Gasteiger partial charge in [-0.25, -0.2) is 0 Å². The summed E-state index contributed by atoms with van der Waals surface area (Å²) in [4.78, 5) is 48.7. The number of rotatable bonds is 8. The van der Waals surface area contributed by atoms with E-state index in [1.54, 1.807) is 6.07 Å². The fourth-order valence-electron chi connectivity index (χ4n) is 2.80. The standard InChI is InChI=1S/C18H23N3O7/c1-3-10-27-16(22)11-14-17(23)19-8-9-20(14)18(24)12(2)28-15-7-5-4-6-13(15)21(25)26/h4-7,12,14H,3,8-11H2,1-2H3,(H,19,23)/t12-,14-/m1/s1. The molecule has 1 aliphatic heterocycles. The number of hydrogen-bond acceptors (Lipinski definition) is 7. The molecule has 0 saturated carbocycles. The Kier molecular flexibility index (Phi) is 7.30. The van der Waals surface area contributed by atoms with E-state index in [9.17, 15) is 24.5 Å². The molecular formula is C18H23N3O7. The Bertz CT molecular complexity index is 752. The zero-order valence-electron chi connectivity index (χ0n) is 15.8. The van der Waals surface area contributed by atoms with Gasteiger partial charge in [-0.1, -0.05) is 19.1 Å². The van der Waals surface area contributed by atoms with Gasteiger partial charge in [0.05, 0.1) is 18.0 Å². The molecule has 1 aromatic carbocycles. The maximum absolute atomic E-state index is 12.8. The van der Waals surface area contributed by atoms with E-state index < -0.39 is 34.9 Å². The van der Waals surface area contributed by atoms with Crippen LogP contribution in [-0.2, 0) is 19.1 Å². The molecule has 0 spiro atoms. The Hall–Kier alpha value is -3.17. The second kappa shape index (κ2) is 9.67. The van der Waals surface area contributed by atoms with Gasteiger partial charge < -0.3 is 19.7 Å². The molecule has 10 heteroatoms. The van der Waals surface area contributed by atoms with Gasteiger partial charge in [-0.2, -0.15) is 0 Å². The van der Waals surface area contributed by atoms with E-state index in [1.807, 2.05) is 6.92 Å². The summed E-state index contributed by atoms with van der Waals surface area (Å²) in [6.07, 6.45) is -0.706. The van der Waals surface area contributed by atoms with Crippen molar-refractivity contribution in [3.05, 3.63) is 34.4 Å². The molecule has 28 heavy (non-hydrogen) atoms. The summed E-state index contributed by atoms with van der Waals surface area (Å²) in [6, 6.07) is 4.70. The minimum absolute atomic E-state index is 0.0475. The van der Waals surface area contributed by atoms with Crippen molar-refractivity contribution in [1.29, 1.82) is 0 Å². The van der Waals surface area contributed by atoms with E-state index in [0.717, 1.165) is 0 Å². The second-order valence-corrected chi connectivity index (χ2v) is 6.25. The van der Waals surface area contributed by atoms with Crippen LogP contribution in [0.4, 0.5) is 5.69 Å². The zero-order valence-corrected chi connectivity index (χ0v) is 15.8. The number of hydrogen-bond donors (Lipinski definition) is 1. The number of nitro benzene ring substituents is 1. The molecule has 0 aliphatic carbocycles. The summed E-state index contributed by atoms with van der Waals surface area (Å²) in [5, 5.41) is 13.7. The van der Waals surface area contributed by atoms with Crippen molar-refractivity contribution < 1.29 is 28.8 Å². The third kappa shape index (κ3) is 5.18. The van der Waals surface area contributed by atoms with E-state index in [2.05, 4.69) is 5.32 Å². The molecule has 1 fully saturated rings. The molecule has 0 unspecified atom stereocenters. The molecule has 1 saturated heterocycles. The first-order chi connectivity index (χ1) is 13.3. The van der Waals surface area contributed by atoms with Gasteiger partial charge in [0, 0.05) is 19.2 Å². The molecule has 1 heterocycles. The summed E-state index contributed by atoms with van der Waals surface area (Å²) in [7, 11) is 0. The molecular weight excluding hydrogens is 370 g/mol.